The Morgan fingerprint density at radius 2 is 1.92 bits per heavy atom. The van der Waals surface area contributed by atoms with Crippen LogP contribution in [-0.4, -0.2) is 44.9 Å². The van der Waals surface area contributed by atoms with Gasteiger partial charge in [-0.3, -0.25) is 4.79 Å². The van der Waals surface area contributed by atoms with Gasteiger partial charge in [0.05, 0.1) is 13.2 Å². The van der Waals surface area contributed by atoms with Crippen LogP contribution in [0, 0.1) is 5.82 Å². The van der Waals surface area contributed by atoms with Crippen molar-refractivity contribution in [3.63, 3.8) is 0 Å². The molecule has 1 aromatic heterocycles. The van der Waals surface area contributed by atoms with Crippen molar-refractivity contribution in [3.05, 3.63) is 53.2 Å². The lowest BCUT2D eigenvalue weighted by Gasteiger charge is -2.25. The number of nitrogens with one attached hydrogen (secondary N) is 1. The second kappa shape index (κ2) is 8.09. The number of hydrogen-bond donors (Lipinski definition) is 1. The van der Waals surface area contributed by atoms with Gasteiger partial charge in [-0.2, -0.15) is 12.7 Å². The van der Waals surface area contributed by atoms with Gasteiger partial charge < -0.3 is 4.74 Å². The fourth-order valence-corrected chi connectivity index (χ4v) is 4.44. The maximum Gasteiger partial charge on any atom is 0.304 e. The Balaban J connectivity index is 1.65. The Hall–Kier alpha value is -2.07. The molecule has 1 aliphatic heterocycles. The van der Waals surface area contributed by atoms with Gasteiger partial charge in [-0.15, -0.1) is 11.3 Å². The number of hydrogen-bond acceptors (Lipinski definition) is 5. The van der Waals surface area contributed by atoms with Crippen molar-refractivity contribution < 1.29 is 22.3 Å². The molecule has 2 aromatic rings. The highest BCUT2D eigenvalue weighted by Crippen LogP contribution is 2.30. The lowest BCUT2D eigenvalue weighted by molar-refractivity contribution is -0.114. The third-order valence-corrected chi connectivity index (χ3v) is 6.29. The number of nitrogens with zero attached hydrogens (tertiary/aromatic N) is 1. The maximum absolute atomic E-state index is 13.8. The van der Waals surface area contributed by atoms with Crippen molar-refractivity contribution in [2.24, 2.45) is 0 Å². The summed E-state index contributed by atoms with van der Waals surface area (Å²) in [7, 11) is -3.87. The molecule has 0 atom stereocenters. The van der Waals surface area contributed by atoms with Gasteiger partial charge in [0.1, 0.15) is 5.82 Å². The molecular weight excluding hydrogens is 379 g/mol. The van der Waals surface area contributed by atoms with Gasteiger partial charge in [0, 0.05) is 34.5 Å². The van der Waals surface area contributed by atoms with Crippen LogP contribution in [0.4, 0.5) is 4.39 Å². The van der Waals surface area contributed by atoms with E-state index in [0.29, 0.717) is 23.7 Å². The van der Waals surface area contributed by atoms with Crippen molar-refractivity contribution in [1.29, 1.82) is 0 Å². The highest BCUT2D eigenvalue weighted by Gasteiger charge is 2.25. The SMILES string of the molecule is O=C(/C=C\c1ccc(-c2ccccc2F)s1)NS(=O)(=O)N1CCOCC1. The monoisotopic (exact) mass is 396 g/mol. The number of halogens is 1. The van der Waals surface area contributed by atoms with E-state index in [0.717, 1.165) is 11.0 Å². The molecule has 9 heteroatoms. The van der Waals surface area contributed by atoms with E-state index in [1.807, 2.05) is 4.72 Å². The molecule has 1 aromatic carbocycles. The molecule has 0 bridgehead atoms. The van der Waals surface area contributed by atoms with Crippen molar-refractivity contribution >= 4 is 33.5 Å². The lowest BCUT2D eigenvalue weighted by atomic mass is 10.2. The Morgan fingerprint density at radius 1 is 1.19 bits per heavy atom. The van der Waals surface area contributed by atoms with Crippen LogP contribution in [0.25, 0.3) is 16.5 Å². The van der Waals surface area contributed by atoms with E-state index in [4.69, 9.17) is 4.74 Å². The van der Waals surface area contributed by atoms with Gasteiger partial charge in [0.2, 0.25) is 0 Å². The van der Waals surface area contributed by atoms with Gasteiger partial charge in [0.25, 0.3) is 5.91 Å². The van der Waals surface area contributed by atoms with E-state index >= 15 is 0 Å². The van der Waals surface area contributed by atoms with E-state index in [-0.39, 0.29) is 18.9 Å². The summed E-state index contributed by atoms with van der Waals surface area (Å²) >= 11 is 1.30. The zero-order valence-electron chi connectivity index (χ0n) is 13.7. The predicted octanol–water partition coefficient (Wildman–Crippen LogP) is 2.26. The molecule has 0 aliphatic carbocycles. The minimum atomic E-state index is -3.87. The second-order valence-electron chi connectivity index (χ2n) is 5.50. The van der Waals surface area contributed by atoms with E-state index in [1.54, 1.807) is 30.3 Å². The van der Waals surface area contributed by atoms with E-state index in [2.05, 4.69) is 0 Å². The number of morpholine rings is 1. The first-order valence-corrected chi connectivity index (χ1v) is 10.1. The van der Waals surface area contributed by atoms with Crippen LogP contribution in [0.2, 0.25) is 0 Å². The number of carbonyl (C=O) groups is 1. The molecule has 138 valence electrons. The van der Waals surface area contributed by atoms with Crippen molar-refractivity contribution in [2.45, 2.75) is 0 Å². The summed E-state index contributed by atoms with van der Waals surface area (Å²) in [5.74, 6) is -1.06. The van der Waals surface area contributed by atoms with Crippen molar-refractivity contribution in [2.75, 3.05) is 26.3 Å². The predicted molar refractivity (Wildman–Crippen MR) is 98.2 cm³/mol. The Labute approximate surface area is 155 Å². The van der Waals surface area contributed by atoms with Crippen LogP contribution in [-0.2, 0) is 19.7 Å². The van der Waals surface area contributed by atoms with Gasteiger partial charge in [-0.25, -0.2) is 9.11 Å². The molecule has 1 amide bonds. The lowest BCUT2D eigenvalue weighted by Crippen LogP contribution is -2.48. The highest BCUT2D eigenvalue weighted by atomic mass is 32.2. The first-order valence-electron chi connectivity index (χ1n) is 7.88. The maximum atomic E-state index is 13.8. The second-order valence-corrected chi connectivity index (χ2v) is 8.28. The van der Waals surface area contributed by atoms with Crippen molar-refractivity contribution in [1.82, 2.24) is 9.03 Å². The molecule has 2 heterocycles. The fourth-order valence-electron chi connectivity index (χ4n) is 2.42. The third kappa shape index (κ3) is 4.55. The molecule has 3 rings (SSSR count). The average Bonchev–Trinajstić information content (AvgIpc) is 3.09. The standard InChI is InChI=1S/C17H17FN2O4S2/c18-15-4-2-1-3-14(15)16-7-5-13(25-16)6-8-17(21)19-26(22,23)20-9-11-24-12-10-20/h1-8H,9-12H2,(H,19,21)/b8-6-. The summed E-state index contributed by atoms with van der Waals surface area (Å²) in [6.45, 7) is 1.03. The number of benzene rings is 1. The number of ether oxygens (including phenoxy) is 1. The summed E-state index contributed by atoms with van der Waals surface area (Å²) in [6, 6.07) is 9.92. The molecule has 0 unspecified atom stereocenters. The first-order chi connectivity index (χ1) is 12.5. The van der Waals surface area contributed by atoms with Crippen LogP contribution < -0.4 is 4.72 Å². The molecule has 1 N–H and O–H groups in total. The molecule has 1 fully saturated rings. The fraction of sp³-hybridized carbons (Fsp3) is 0.235. The van der Waals surface area contributed by atoms with E-state index < -0.39 is 16.1 Å². The Bertz CT molecular complexity index is 918. The zero-order valence-corrected chi connectivity index (χ0v) is 15.4. The number of rotatable bonds is 5. The molecule has 26 heavy (non-hydrogen) atoms. The van der Waals surface area contributed by atoms with Gasteiger partial charge in [-0.05, 0) is 24.3 Å². The molecule has 0 spiro atoms. The molecule has 0 radical (unpaired) electrons. The van der Waals surface area contributed by atoms with Crippen LogP contribution in [0.3, 0.4) is 0 Å². The van der Waals surface area contributed by atoms with Crippen LogP contribution in [0.5, 0.6) is 0 Å². The first kappa shape index (κ1) is 18.7. The summed E-state index contributed by atoms with van der Waals surface area (Å²) < 4.78 is 46.3. The van der Waals surface area contributed by atoms with Gasteiger partial charge >= 0.3 is 10.2 Å². The van der Waals surface area contributed by atoms with Gasteiger partial charge in [0.15, 0.2) is 0 Å². The zero-order chi connectivity index (χ0) is 18.6. The normalized spacial score (nSPS) is 16.0. The quantitative estimate of drug-likeness (QED) is 0.787. The summed E-state index contributed by atoms with van der Waals surface area (Å²) in [5, 5.41) is 0. The average molecular weight is 396 g/mol. The third-order valence-electron chi connectivity index (χ3n) is 3.70. The summed E-state index contributed by atoms with van der Waals surface area (Å²) in [5.41, 5.74) is 0.483. The minimum Gasteiger partial charge on any atom is -0.379 e. The summed E-state index contributed by atoms with van der Waals surface area (Å²) in [6.07, 6.45) is 2.65. The largest absolute Gasteiger partial charge is 0.379 e. The van der Waals surface area contributed by atoms with E-state index in [1.165, 1.54) is 27.8 Å². The molecule has 0 saturated carbocycles. The summed E-state index contributed by atoms with van der Waals surface area (Å²) in [4.78, 5) is 13.4. The smallest absolute Gasteiger partial charge is 0.304 e. The Morgan fingerprint density at radius 3 is 2.65 bits per heavy atom. The Kier molecular flexibility index (Phi) is 5.82. The van der Waals surface area contributed by atoms with Gasteiger partial charge in [-0.1, -0.05) is 18.2 Å². The molecular formula is C17H17FN2O4S2. The minimum absolute atomic E-state index is 0.212. The molecule has 1 aliphatic rings. The number of carbonyl (C=O) groups excluding carboxylic acids is 1. The highest BCUT2D eigenvalue weighted by molar-refractivity contribution is 7.87. The van der Waals surface area contributed by atoms with Crippen molar-refractivity contribution in [3.8, 4) is 10.4 Å². The molecule has 1 saturated heterocycles. The topological polar surface area (TPSA) is 75.7 Å². The molecule has 6 nitrogen and oxygen atoms in total. The number of amides is 1. The van der Waals surface area contributed by atoms with Crippen LogP contribution in [0.1, 0.15) is 4.88 Å². The van der Waals surface area contributed by atoms with Crippen LogP contribution in [0.15, 0.2) is 42.5 Å². The van der Waals surface area contributed by atoms with E-state index in [9.17, 15) is 17.6 Å². The van der Waals surface area contributed by atoms with Crippen LogP contribution >= 0.6 is 11.3 Å². The number of thiophene rings is 1.